The summed E-state index contributed by atoms with van der Waals surface area (Å²) >= 11 is 0. The van der Waals surface area contributed by atoms with Crippen LogP contribution < -0.4 is 0 Å². The molecule has 4 nitrogen and oxygen atoms in total. The zero-order valence-electron chi connectivity index (χ0n) is 31.5. The van der Waals surface area contributed by atoms with Gasteiger partial charge in [0.25, 0.3) is 0 Å². The second-order valence-electron chi connectivity index (χ2n) is 13.7. The number of allylic oxidation sites excluding steroid dienone is 4. The van der Waals surface area contributed by atoms with Gasteiger partial charge in [-0.3, -0.25) is 0 Å². The number of rotatable bonds is 34. The van der Waals surface area contributed by atoms with E-state index in [1.165, 1.54) is 154 Å². The lowest BCUT2D eigenvalue weighted by Crippen LogP contribution is -2.09. The smallest absolute Gasteiger partial charge is 0.338 e. The molecule has 1 aromatic carbocycles. The average molecular weight is 667 g/mol. The molecule has 1 rings (SSSR count). The lowest BCUT2D eigenvalue weighted by molar-refractivity contribution is 0.0483. The summed E-state index contributed by atoms with van der Waals surface area (Å²) in [4.78, 5) is 24.8. The van der Waals surface area contributed by atoms with Crippen molar-refractivity contribution in [1.82, 2.24) is 0 Å². The van der Waals surface area contributed by atoms with Gasteiger partial charge in [-0.25, -0.2) is 9.59 Å². The largest absolute Gasteiger partial charge is 0.462 e. The lowest BCUT2D eigenvalue weighted by Gasteiger charge is -2.07. The number of ether oxygens (including phenoxy) is 2. The van der Waals surface area contributed by atoms with Crippen molar-refractivity contribution in [3.8, 4) is 0 Å². The van der Waals surface area contributed by atoms with Crippen molar-refractivity contribution in [1.29, 1.82) is 0 Å². The molecule has 0 bridgehead atoms. The number of carbonyl (C=O) groups is 2. The Labute approximate surface area is 296 Å². The summed E-state index contributed by atoms with van der Waals surface area (Å²) in [7, 11) is 0. The van der Waals surface area contributed by atoms with Crippen LogP contribution in [0.4, 0.5) is 0 Å². The van der Waals surface area contributed by atoms with Gasteiger partial charge in [-0.05, 0) is 88.5 Å². The van der Waals surface area contributed by atoms with E-state index < -0.39 is 0 Å². The maximum Gasteiger partial charge on any atom is 0.338 e. The van der Waals surface area contributed by atoms with Crippen molar-refractivity contribution in [3.05, 3.63) is 59.7 Å². The maximum absolute atomic E-state index is 12.4. The van der Waals surface area contributed by atoms with Crippen molar-refractivity contribution in [3.63, 3.8) is 0 Å². The molecule has 0 spiro atoms. The summed E-state index contributed by atoms with van der Waals surface area (Å²) < 4.78 is 10.9. The third-order valence-electron chi connectivity index (χ3n) is 9.13. The van der Waals surface area contributed by atoms with E-state index in [4.69, 9.17) is 9.47 Å². The van der Waals surface area contributed by atoms with E-state index in [9.17, 15) is 9.59 Å². The molecule has 0 aliphatic carbocycles. The minimum atomic E-state index is -0.327. The molecule has 274 valence electrons. The monoisotopic (exact) mass is 667 g/mol. The van der Waals surface area contributed by atoms with Gasteiger partial charge in [0.2, 0.25) is 0 Å². The van der Waals surface area contributed by atoms with E-state index >= 15 is 0 Å². The SMILES string of the molecule is CCCCCCCCC=CCCCCCCCCOC(=O)c1ccc(C(=O)OCCCCCCCCC=CCCCCCCCC)cc1. The molecule has 0 radical (unpaired) electrons. The van der Waals surface area contributed by atoms with Crippen LogP contribution in [0.3, 0.4) is 0 Å². The molecule has 4 heteroatoms. The van der Waals surface area contributed by atoms with Crippen molar-refractivity contribution in [2.75, 3.05) is 13.2 Å². The molecule has 0 aliphatic heterocycles. The first-order chi connectivity index (χ1) is 23.7. The van der Waals surface area contributed by atoms with E-state index in [-0.39, 0.29) is 11.9 Å². The van der Waals surface area contributed by atoms with Gasteiger partial charge in [0.15, 0.2) is 0 Å². The molecule has 0 aliphatic rings. The Kier molecular flexibility index (Phi) is 31.4. The van der Waals surface area contributed by atoms with Crippen LogP contribution >= 0.6 is 0 Å². The van der Waals surface area contributed by atoms with Crippen LogP contribution in [-0.4, -0.2) is 25.2 Å². The number of esters is 2. The predicted molar refractivity (Wildman–Crippen MR) is 206 cm³/mol. The fourth-order valence-electron chi connectivity index (χ4n) is 5.94. The summed E-state index contributed by atoms with van der Waals surface area (Å²) in [6.45, 7) is 5.43. The fraction of sp³-hybridized carbons (Fsp3) is 0.727. The first-order valence-corrected chi connectivity index (χ1v) is 20.4. The normalized spacial score (nSPS) is 11.5. The third-order valence-corrected chi connectivity index (χ3v) is 9.13. The highest BCUT2D eigenvalue weighted by molar-refractivity contribution is 5.93. The zero-order valence-corrected chi connectivity index (χ0v) is 31.5. The quantitative estimate of drug-likeness (QED) is 0.0417. The molecule has 0 saturated heterocycles. The second kappa shape index (κ2) is 34.5. The van der Waals surface area contributed by atoms with Crippen LogP contribution in [0.1, 0.15) is 214 Å². The van der Waals surface area contributed by atoms with Gasteiger partial charge in [0, 0.05) is 0 Å². The van der Waals surface area contributed by atoms with E-state index in [1.807, 2.05) is 0 Å². The molecule has 0 amide bonds. The molecular formula is C44H74O4. The van der Waals surface area contributed by atoms with Crippen molar-refractivity contribution in [2.45, 2.75) is 194 Å². The number of hydrogen-bond donors (Lipinski definition) is 0. The van der Waals surface area contributed by atoms with E-state index in [0.29, 0.717) is 24.3 Å². The first-order valence-electron chi connectivity index (χ1n) is 20.4. The zero-order chi connectivity index (χ0) is 34.6. The van der Waals surface area contributed by atoms with Gasteiger partial charge in [0.05, 0.1) is 24.3 Å². The topological polar surface area (TPSA) is 52.6 Å². The molecule has 0 saturated carbocycles. The van der Waals surface area contributed by atoms with E-state index in [1.54, 1.807) is 24.3 Å². The van der Waals surface area contributed by atoms with Gasteiger partial charge in [-0.1, -0.05) is 154 Å². The molecular weight excluding hydrogens is 592 g/mol. The summed E-state index contributed by atoms with van der Waals surface area (Å²) in [5.74, 6) is -0.654. The van der Waals surface area contributed by atoms with Crippen LogP contribution in [0.2, 0.25) is 0 Å². The molecule has 0 N–H and O–H groups in total. The highest BCUT2D eigenvalue weighted by atomic mass is 16.5. The Morgan fingerprint density at radius 2 is 0.646 bits per heavy atom. The second-order valence-corrected chi connectivity index (χ2v) is 13.7. The number of hydrogen-bond acceptors (Lipinski definition) is 4. The Morgan fingerprint density at radius 1 is 0.396 bits per heavy atom. The van der Waals surface area contributed by atoms with Gasteiger partial charge < -0.3 is 9.47 Å². The highest BCUT2D eigenvalue weighted by Crippen LogP contribution is 2.13. The van der Waals surface area contributed by atoms with Gasteiger partial charge in [0.1, 0.15) is 0 Å². The highest BCUT2D eigenvalue weighted by Gasteiger charge is 2.11. The summed E-state index contributed by atoms with van der Waals surface area (Å²) in [6.07, 6.45) is 44.7. The Hall–Kier alpha value is -2.36. The van der Waals surface area contributed by atoms with Crippen molar-refractivity contribution < 1.29 is 19.1 Å². The maximum atomic E-state index is 12.4. The Morgan fingerprint density at radius 3 is 0.938 bits per heavy atom. The third kappa shape index (κ3) is 27.6. The van der Waals surface area contributed by atoms with Crippen LogP contribution in [0, 0.1) is 0 Å². The Bertz CT molecular complexity index is 841. The van der Waals surface area contributed by atoms with Crippen molar-refractivity contribution in [2.24, 2.45) is 0 Å². The summed E-state index contributed by atoms with van der Waals surface area (Å²) in [6, 6.07) is 6.63. The van der Waals surface area contributed by atoms with Crippen LogP contribution in [0.15, 0.2) is 48.6 Å². The minimum Gasteiger partial charge on any atom is -0.462 e. The predicted octanol–water partition coefficient (Wildman–Crippen LogP) is 14.1. The Balaban J connectivity index is 1.95. The summed E-state index contributed by atoms with van der Waals surface area (Å²) in [5.41, 5.74) is 0.953. The number of benzene rings is 1. The average Bonchev–Trinajstić information content (AvgIpc) is 3.10. The van der Waals surface area contributed by atoms with E-state index in [0.717, 1.165) is 25.7 Å². The molecule has 0 aromatic heterocycles. The standard InChI is InChI=1S/C44H74O4/c1-3-5-7-9-11-13-15-17-19-21-23-25-27-29-31-33-39-47-43(45)41-35-37-42(38-36-41)44(46)48-40-34-32-30-28-26-24-22-20-18-16-14-12-10-8-6-4-2/h17-20,35-38H,3-16,21-34,39-40H2,1-2H3. The lowest BCUT2D eigenvalue weighted by atomic mass is 10.1. The van der Waals surface area contributed by atoms with Crippen LogP contribution in [0.5, 0.6) is 0 Å². The fourth-order valence-corrected chi connectivity index (χ4v) is 5.94. The van der Waals surface area contributed by atoms with Gasteiger partial charge >= 0.3 is 11.9 Å². The molecule has 0 atom stereocenters. The minimum absolute atomic E-state index is 0.327. The van der Waals surface area contributed by atoms with E-state index in [2.05, 4.69) is 38.2 Å². The van der Waals surface area contributed by atoms with Gasteiger partial charge in [-0.15, -0.1) is 0 Å². The van der Waals surface area contributed by atoms with Crippen LogP contribution in [-0.2, 0) is 9.47 Å². The van der Waals surface area contributed by atoms with Gasteiger partial charge in [-0.2, -0.15) is 0 Å². The van der Waals surface area contributed by atoms with Crippen LogP contribution in [0.25, 0.3) is 0 Å². The number of unbranched alkanes of at least 4 members (excludes halogenated alkanes) is 24. The first kappa shape index (κ1) is 43.7. The molecule has 0 unspecified atom stereocenters. The molecule has 1 aromatic rings. The molecule has 0 heterocycles. The summed E-state index contributed by atoms with van der Waals surface area (Å²) in [5, 5.41) is 0. The molecule has 48 heavy (non-hydrogen) atoms. The molecule has 0 fully saturated rings. The van der Waals surface area contributed by atoms with Crippen molar-refractivity contribution >= 4 is 11.9 Å². The number of carbonyl (C=O) groups excluding carboxylic acids is 2.